The lowest BCUT2D eigenvalue weighted by molar-refractivity contribution is -0.110. The summed E-state index contributed by atoms with van der Waals surface area (Å²) in [6.07, 6.45) is 0.643. The summed E-state index contributed by atoms with van der Waals surface area (Å²) in [6, 6.07) is 14.0. The van der Waals surface area contributed by atoms with Crippen molar-refractivity contribution >= 4 is 49.2 Å². The van der Waals surface area contributed by atoms with Crippen LogP contribution in [0.25, 0.3) is 0 Å². The molecule has 2 N–H and O–H groups in total. The van der Waals surface area contributed by atoms with Crippen LogP contribution >= 0.6 is 45.5 Å². The summed E-state index contributed by atoms with van der Waals surface area (Å²) in [4.78, 5) is 11.4. The first-order chi connectivity index (χ1) is 10.1. The number of rotatable bonds is 6. The third-order valence-corrected chi connectivity index (χ3v) is 4.34. The van der Waals surface area contributed by atoms with Crippen molar-refractivity contribution in [2.24, 2.45) is 0 Å². The van der Waals surface area contributed by atoms with E-state index < -0.39 is 0 Å². The summed E-state index contributed by atoms with van der Waals surface area (Å²) in [6.45, 7) is 0. The smallest absolute Gasteiger partial charge is 0.210 e. The maximum atomic E-state index is 11.4. The number of phenols is 1. The zero-order valence-electron chi connectivity index (χ0n) is 10.9. The number of carbonyl (C=O) groups is 1. The van der Waals surface area contributed by atoms with Crippen molar-refractivity contribution in [2.45, 2.75) is 12.5 Å². The first-order valence-corrected chi connectivity index (χ1v) is 8.35. The highest BCUT2D eigenvalue weighted by atomic mass is 127. The van der Waals surface area contributed by atoms with Gasteiger partial charge in [-0.2, -0.15) is 0 Å². The van der Waals surface area contributed by atoms with Gasteiger partial charge in [-0.15, -0.1) is 0 Å². The molecule has 0 aliphatic heterocycles. The number of ether oxygens (including phenoxy) is 1. The molecule has 0 fully saturated rings. The van der Waals surface area contributed by atoms with Crippen LogP contribution < -0.4 is 8.27 Å². The van der Waals surface area contributed by atoms with Crippen LogP contribution in [-0.4, -0.2) is 14.9 Å². The van der Waals surface area contributed by atoms with E-state index in [0.717, 1.165) is 5.56 Å². The average molecular weight is 509 g/mol. The topological polar surface area (TPSA) is 58.6 Å². The van der Waals surface area contributed by atoms with Gasteiger partial charge in [0.05, 0.1) is 6.04 Å². The van der Waals surface area contributed by atoms with Gasteiger partial charge in [0, 0.05) is 45.5 Å². The summed E-state index contributed by atoms with van der Waals surface area (Å²) in [5.41, 5.74) is 1.06. The maximum Gasteiger partial charge on any atom is 0.210 e. The van der Waals surface area contributed by atoms with E-state index in [2.05, 4.69) is 3.53 Å². The lowest BCUT2D eigenvalue weighted by atomic mass is 10.1. The molecule has 4 nitrogen and oxygen atoms in total. The minimum absolute atomic E-state index is 0.0893. The van der Waals surface area contributed by atoms with Crippen LogP contribution in [0.3, 0.4) is 0 Å². The maximum absolute atomic E-state index is 11.4. The Hall–Kier alpha value is -0.870. The highest BCUT2D eigenvalue weighted by Gasteiger charge is 2.14. The predicted molar refractivity (Wildman–Crippen MR) is 98.3 cm³/mol. The number of nitrogens with one attached hydrogen (secondary N) is 1. The van der Waals surface area contributed by atoms with E-state index in [9.17, 15) is 9.90 Å². The van der Waals surface area contributed by atoms with Gasteiger partial charge in [0.2, 0.25) is 3.79 Å². The third-order valence-electron chi connectivity index (χ3n) is 2.84. The van der Waals surface area contributed by atoms with E-state index in [4.69, 9.17) is 4.74 Å². The fraction of sp³-hybridized carbons (Fsp3) is 0.133. The lowest BCUT2D eigenvalue weighted by Gasteiger charge is -2.11. The molecule has 110 valence electrons. The minimum atomic E-state index is -0.185. The summed E-state index contributed by atoms with van der Waals surface area (Å²) in [5, 5.41) is 9.22. The molecular weight excluding hydrogens is 496 g/mol. The molecule has 0 bridgehead atoms. The third kappa shape index (κ3) is 5.11. The predicted octanol–water partition coefficient (Wildman–Crippen LogP) is 4.00. The summed E-state index contributed by atoms with van der Waals surface area (Å²) in [7, 11) is 0. The number of hydrogen-bond acceptors (Lipinski definition) is 4. The van der Waals surface area contributed by atoms with Crippen LogP contribution in [0.2, 0.25) is 0 Å². The number of halogens is 2. The van der Waals surface area contributed by atoms with E-state index >= 15 is 0 Å². The minimum Gasteiger partial charge on any atom is -0.508 e. The first-order valence-electron chi connectivity index (χ1n) is 6.20. The van der Waals surface area contributed by atoms with E-state index in [-0.39, 0.29) is 15.6 Å². The molecule has 0 saturated carbocycles. The Kier molecular flexibility index (Phi) is 6.24. The van der Waals surface area contributed by atoms with Gasteiger partial charge in [-0.1, -0.05) is 12.1 Å². The number of carbonyl (C=O) groups excluding carboxylic acids is 1. The van der Waals surface area contributed by atoms with E-state index in [1.54, 1.807) is 46.9 Å². The van der Waals surface area contributed by atoms with Crippen LogP contribution in [0, 0.1) is 0 Å². The quantitative estimate of drug-likeness (QED) is 0.352. The SMILES string of the molecule is O=C(I)[C@H](Cc1ccc(Oc2ccc(O)cc2)cc1)NI. The molecule has 0 aromatic heterocycles. The second-order valence-corrected chi connectivity index (χ2v) is 6.10. The molecule has 0 spiro atoms. The Bertz CT molecular complexity index is 599. The lowest BCUT2D eigenvalue weighted by Crippen LogP contribution is -2.28. The van der Waals surface area contributed by atoms with Gasteiger partial charge in [0.25, 0.3) is 0 Å². The van der Waals surface area contributed by atoms with Crippen LogP contribution in [0.1, 0.15) is 5.56 Å². The van der Waals surface area contributed by atoms with Crippen LogP contribution in [0.5, 0.6) is 17.2 Å². The van der Waals surface area contributed by atoms with Crippen molar-refractivity contribution in [3.05, 3.63) is 54.1 Å². The normalized spacial score (nSPS) is 11.9. The number of benzene rings is 2. The first kappa shape index (κ1) is 16.5. The Labute approximate surface area is 150 Å². The summed E-state index contributed by atoms with van der Waals surface area (Å²) < 4.78 is 8.73. The average Bonchev–Trinajstić information content (AvgIpc) is 2.48. The van der Waals surface area contributed by atoms with E-state index in [1.165, 1.54) is 0 Å². The standard InChI is InChI=1S/C15H13I2NO3/c16-15(20)14(18-17)9-10-1-5-12(6-2-10)21-13-7-3-11(19)4-8-13/h1-8,14,18-19H,9H2/t14-/m0/s1. The fourth-order valence-electron chi connectivity index (χ4n) is 1.74. The molecule has 1 atom stereocenters. The van der Waals surface area contributed by atoms with E-state index in [0.29, 0.717) is 17.9 Å². The Balaban J connectivity index is 2.01. The van der Waals surface area contributed by atoms with Crippen molar-refractivity contribution in [2.75, 3.05) is 0 Å². The molecule has 0 radical (unpaired) electrons. The summed E-state index contributed by atoms with van der Waals surface area (Å²) in [5.74, 6) is 1.58. The van der Waals surface area contributed by atoms with Crippen molar-refractivity contribution in [3.8, 4) is 17.2 Å². The molecule has 0 aliphatic carbocycles. The Morgan fingerprint density at radius 3 is 2.10 bits per heavy atom. The van der Waals surface area contributed by atoms with Gasteiger partial charge in [0.15, 0.2) is 0 Å². The molecular formula is C15H13I2NO3. The highest BCUT2D eigenvalue weighted by molar-refractivity contribution is 14.1. The molecule has 0 saturated heterocycles. The molecule has 0 amide bonds. The van der Waals surface area contributed by atoms with Crippen molar-refractivity contribution in [3.63, 3.8) is 0 Å². The molecule has 2 aromatic rings. The number of aromatic hydroxyl groups is 1. The molecule has 2 rings (SSSR count). The molecule has 6 heteroatoms. The van der Waals surface area contributed by atoms with Gasteiger partial charge in [0.1, 0.15) is 17.2 Å². The van der Waals surface area contributed by atoms with Gasteiger partial charge in [-0.25, -0.2) is 3.53 Å². The van der Waals surface area contributed by atoms with Gasteiger partial charge in [-0.3, -0.25) is 4.79 Å². The van der Waals surface area contributed by atoms with Gasteiger partial charge in [-0.05, 0) is 48.4 Å². The van der Waals surface area contributed by atoms with Crippen molar-refractivity contribution in [1.82, 2.24) is 3.53 Å². The second kappa shape index (κ2) is 7.95. The van der Waals surface area contributed by atoms with Gasteiger partial charge >= 0.3 is 0 Å². The summed E-state index contributed by atoms with van der Waals surface area (Å²) >= 11 is 3.80. The molecule has 2 aromatic carbocycles. The second-order valence-electron chi connectivity index (χ2n) is 4.41. The molecule has 0 heterocycles. The zero-order valence-corrected chi connectivity index (χ0v) is 15.2. The zero-order chi connectivity index (χ0) is 15.2. The highest BCUT2D eigenvalue weighted by Crippen LogP contribution is 2.24. The molecule has 21 heavy (non-hydrogen) atoms. The van der Waals surface area contributed by atoms with Crippen molar-refractivity contribution in [1.29, 1.82) is 0 Å². The molecule has 0 unspecified atom stereocenters. The Morgan fingerprint density at radius 1 is 1.10 bits per heavy atom. The fourth-order valence-corrected chi connectivity index (χ4v) is 3.22. The monoisotopic (exact) mass is 509 g/mol. The molecule has 0 aliphatic rings. The number of hydrogen-bond donors (Lipinski definition) is 2. The van der Waals surface area contributed by atoms with Crippen LogP contribution in [0.4, 0.5) is 0 Å². The Morgan fingerprint density at radius 2 is 1.62 bits per heavy atom. The van der Waals surface area contributed by atoms with Crippen LogP contribution in [-0.2, 0) is 11.2 Å². The van der Waals surface area contributed by atoms with Gasteiger partial charge < -0.3 is 9.84 Å². The largest absolute Gasteiger partial charge is 0.508 e. The van der Waals surface area contributed by atoms with Crippen LogP contribution in [0.15, 0.2) is 48.5 Å². The van der Waals surface area contributed by atoms with Crippen molar-refractivity contribution < 1.29 is 14.6 Å². The van der Waals surface area contributed by atoms with E-state index in [1.807, 2.05) is 47.1 Å². The number of phenolic OH excluding ortho intramolecular Hbond substituents is 1.